The van der Waals surface area contributed by atoms with Crippen molar-refractivity contribution in [2.45, 2.75) is 51.5 Å². The Hall–Kier alpha value is -0.280. The zero-order valence-corrected chi connectivity index (χ0v) is 10.9. The Morgan fingerprint density at radius 3 is 2.60 bits per heavy atom. The lowest BCUT2D eigenvalue weighted by atomic mass is 10.1. The van der Waals surface area contributed by atoms with Crippen LogP contribution < -0.4 is 5.73 Å². The molecule has 3 heteroatoms. The van der Waals surface area contributed by atoms with Crippen LogP contribution in [0.3, 0.4) is 0 Å². The quantitative estimate of drug-likeness (QED) is 0.748. The van der Waals surface area contributed by atoms with E-state index in [1.807, 2.05) is 12.1 Å². The fourth-order valence-corrected chi connectivity index (χ4v) is 1.96. The van der Waals surface area contributed by atoms with E-state index in [-0.39, 0.29) is 6.04 Å². The first-order chi connectivity index (χ1) is 7.24. The summed E-state index contributed by atoms with van der Waals surface area (Å²) in [6.45, 7) is 2.23. The van der Waals surface area contributed by atoms with Crippen molar-refractivity contribution in [3.63, 3.8) is 0 Å². The Balaban J connectivity index is 2.16. The summed E-state index contributed by atoms with van der Waals surface area (Å²) in [5.41, 5.74) is 6.01. The second-order valence-corrected chi connectivity index (χ2v) is 4.73. The molecule has 0 fully saturated rings. The van der Waals surface area contributed by atoms with Crippen LogP contribution in [0.5, 0.6) is 0 Å². The minimum atomic E-state index is 0.0536. The predicted molar refractivity (Wildman–Crippen MR) is 66.7 cm³/mol. The van der Waals surface area contributed by atoms with Crippen molar-refractivity contribution in [2.24, 2.45) is 5.73 Å². The smallest absolute Gasteiger partial charge is 0.169 e. The average Bonchev–Trinajstić information content (AvgIpc) is 2.64. The van der Waals surface area contributed by atoms with E-state index in [4.69, 9.17) is 10.2 Å². The highest BCUT2D eigenvalue weighted by molar-refractivity contribution is 9.10. The van der Waals surface area contributed by atoms with Crippen molar-refractivity contribution >= 4 is 15.9 Å². The van der Waals surface area contributed by atoms with Gasteiger partial charge in [0, 0.05) is 0 Å². The molecule has 1 aromatic rings. The number of hydrogen-bond donors (Lipinski definition) is 1. The van der Waals surface area contributed by atoms with E-state index in [1.165, 1.54) is 32.1 Å². The third-order valence-electron chi connectivity index (χ3n) is 2.58. The standard InChI is InChI=1S/C12H20BrNO/c1-2-3-4-5-6-7-10(14)11-8-9-12(13)15-11/h8-10H,2-7,14H2,1H3. The highest BCUT2D eigenvalue weighted by Gasteiger charge is 2.09. The average molecular weight is 274 g/mol. The normalized spacial score (nSPS) is 13.0. The van der Waals surface area contributed by atoms with Crippen LogP contribution in [0, 0.1) is 0 Å². The fourth-order valence-electron chi connectivity index (χ4n) is 1.64. The van der Waals surface area contributed by atoms with Crippen molar-refractivity contribution in [3.05, 3.63) is 22.6 Å². The fraction of sp³-hybridized carbons (Fsp3) is 0.667. The van der Waals surface area contributed by atoms with E-state index in [2.05, 4.69) is 22.9 Å². The van der Waals surface area contributed by atoms with Gasteiger partial charge in [-0.05, 0) is 34.5 Å². The zero-order chi connectivity index (χ0) is 11.1. The molecule has 2 N–H and O–H groups in total. The SMILES string of the molecule is CCCCCCCC(N)c1ccc(Br)o1. The van der Waals surface area contributed by atoms with Crippen molar-refractivity contribution in [2.75, 3.05) is 0 Å². The van der Waals surface area contributed by atoms with E-state index in [0.29, 0.717) is 0 Å². The molecule has 0 aliphatic rings. The number of rotatable bonds is 7. The van der Waals surface area contributed by atoms with E-state index in [0.717, 1.165) is 16.9 Å². The van der Waals surface area contributed by atoms with Gasteiger partial charge in [-0.15, -0.1) is 0 Å². The second-order valence-electron chi connectivity index (χ2n) is 3.95. The predicted octanol–water partition coefficient (Wildman–Crippen LogP) is 4.40. The van der Waals surface area contributed by atoms with Crippen LogP contribution in [0.1, 0.15) is 57.3 Å². The molecule has 0 aliphatic carbocycles. The lowest BCUT2D eigenvalue weighted by molar-refractivity contribution is 0.426. The van der Waals surface area contributed by atoms with Gasteiger partial charge in [0.05, 0.1) is 6.04 Å². The first kappa shape index (κ1) is 12.8. The van der Waals surface area contributed by atoms with Gasteiger partial charge >= 0.3 is 0 Å². The molecule has 2 nitrogen and oxygen atoms in total. The van der Waals surface area contributed by atoms with E-state index in [9.17, 15) is 0 Å². The van der Waals surface area contributed by atoms with Gasteiger partial charge in [-0.1, -0.05) is 39.0 Å². The summed E-state index contributed by atoms with van der Waals surface area (Å²) in [6.07, 6.45) is 7.44. The summed E-state index contributed by atoms with van der Waals surface area (Å²) in [5.74, 6) is 0.886. The van der Waals surface area contributed by atoms with Gasteiger partial charge in [-0.25, -0.2) is 0 Å². The van der Waals surface area contributed by atoms with Crippen molar-refractivity contribution < 1.29 is 4.42 Å². The van der Waals surface area contributed by atoms with Crippen LogP contribution in [0.25, 0.3) is 0 Å². The largest absolute Gasteiger partial charge is 0.453 e. The van der Waals surface area contributed by atoms with E-state index < -0.39 is 0 Å². The second kappa shape index (κ2) is 7.07. The van der Waals surface area contributed by atoms with Crippen LogP contribution >= 0.6 is 15.9 Å². The van der Waals surface area contributed by atoms with Gasteiger partial charge in [0.25, 0.3) is 0 Å². The number of hydrogen-bond acceptors (Lipinski definition) is 2. The van der Waals surface area contributed by atoms with Gasteiger partial charge in [-0.3, -0.25) is 0 Å². The Bertz CT molecular complexity index is 272. The van der Waals surface area contributed by atoms with Gasteiger partial charge in [0.2, 0.25) is 0 Å². The topological polar surface area (TPSA) is 39.2 Å². The van der Waals surface area contributed by atoms with E-state index >= 15 is 0 Å². The van der Waals surface area contributed by atoms with Crippen molar-refractivity contribution in [1.82, 2.24) is 0 Å². The van der Waals surface area contributed by atoms with Crippen LogP contribution in [0.4, 0.5) is 0 Å². The van der Waals surface area contributed by atoms with Crippen LogP contribution in [0.2, 0.25) is 0 Å². The minimum Gasteiger partial charge on any atom is -0.453 e. The summed E-state index contributed by atoms with van der Waals surface area (Å²) in [5, 5.41) is 0. The van der Waals surface area contributed by atoms with Crippen LogP contribution in [0.15, 0.2) is 21.2 Å². The molecule has 86 valence electrons. The van der Waals surface area contributed by atoms with Gasteiger partial charge < -0.3 is 10.2 Å². The monoisotopic (exact) mass is 273 g/mol. The van der Waals surface area contributed by atoms with Crippen LogP contribution in [-0.4, -0.2) is 0 Å². The Kier molecular flexibility index (Phi) is 6.03. The number of nitrogens with two attached hydrogens (primary N) is 1. The lowest BCUT2D eigenvalue weighted by Gasteiger charge is -2.07. The summed E-state index contributed by atoms with van der Waals surface area (Å²) >= 11 is 3.28. The highest BCUT2D eigenvalue weighted by Crippen LogP contribution is 2.22. The van der Waals surface area contributed by atoms with E-state index in [1.54, 1.807) is 0 Å². The maximum atomic E-state index is 6.01. The summed E-state index contributed by atoms with van der Waals surface area (Å²) in [4.78, 5) is 0. The maximum Gasteiger partial charge on any atom is 0.169 e. The van der Waals surface area contributed by atoms with Gasteiger partial charge in [0.1, 0.15) is 5.76 Å². The molecule has 15 heavy (non-hydrogen) atoms. The molecule has 1 rings (SSSR count). The Morgan fingerprint density at radius 1 is 1.27 bits per heavy atom. The molecule has 0 saturated carbocycles. The number of furan rings is 1. The molecular weight excluding hydrogens is 254 g/mol. The molecule has 1 heterocycles. The minimum absolute atomic E-state index is 0.0536. The number of unbranched alkanes of at least 4 members (excludes halogenated alkanes) is 4. The highest BCUT2D eigenvalue weighted by atomic mass is 79.9. The summed E-state index contributed by atoms with van der Waals surface area (Å²) < 4.78 is 6.18. The third kappa shape index (κ3) is 4.85. The first-order valence-electron chi connectivity index (χ1n) is 5.75. The Morgan fingerprint density at radius 2 is 2.00 bits per heavy atom. The summed E-state index contributed by atoms with van der Waals surface area (Å²) in [6, 6.07) is 3.89. The summed E-state index contributed by atoms with van der Waals surface area (Å²) in [7, 11) is 0. The van der Waals surface area contributed by atoms with Crippen LogP contribution in [-0.2, 0) is 0 Å². The lowest BCUT2D eigenvalue weighted by Crippen LogP contribution is -2.08. The molecule has 1 atom stereocenters. The molecule has 0 saturated heterocycles. The van der Waals surface area contributed by atoms with Crippen molar-refractivity contribution in [1.29, 1.82) is 0 Å². The molecule has 0 radical (unpaired) electrons. The Labute approximate surface area is 100 Å². The van der Waals surface area contributed by atoms with Gasteiger partial charge in [-0.2, -0.15) is 0 Å². The molecule has 0 aliphatic heterocycles. The zero-order valence-electron chi connectivity index (χ0n) is 9.34. The third-order valence-corrected chi connectivity index (χ3v) is 3.00. The molecular formula is C12H20BrNO. The molecule has 1 aromatic heterocycles. The maximum absolute atomic E-state index is 6.01. The number of halogens is 1. The molecule has 0 spiro atoms. The molecule has 1 unspecified atom stereocenters. The molecule has 0 aromatic carbocycles. The molecule has 0 amide bonds. The first-order valence-corrected chi connectivity index (χ1v) is 6.54. The van der Waals surface area contributed by atoms with Gasteiger partial charge in [0.15, 0.2) is 4.67 Å². The molecule has 0 bridgehead atoms. The van der Waals surface area contributed by atoms with Crippen molar-refractivity contribution in [3.8, 4) is 0 Å².